The van der Waals surface area contributed by atoms with E-state index in [1.165, 1.54) is 31.0 Å². The molecule has 0 aliphatic heterocycles. The summed E-state index contributed by atoms with van der Waals surface area (Å²) in [5.74, 6) is -0.853. The number of nitrogens with two attached hydrogens (primary N) is 1. The van der Waals surface area contributed by atoms with Gasteiger partial charge >= 0.3 is 0 Å². The predicted molar refractivity (Wildman–Crippen MR) is 74.8 cm³/mol. The first kappa shape index (κ1) is 14.9. The van der Waals surface area contributed by atoms with Crippen LogP contribution in [0.25, 0.3) is 0 Å². The number of primary amides is 1. The number of hydrogen-bond donors (Lipinski definition) is 2. The monoisotopic (exact) mass is 280 g/mol. The van der Waals surface area contributed by atoms with Gasteiger partial charge in [-0.1, -0.05) is 0 Å². The van der Waals surface area contributed by atoms with E-state index in [0.29, 0.717) is 23.1 Å². The molecule has 20 heavy (non-hydrogen) atoms. The zero-order valence-corrected chi connectivity index (χ0v) is 11.7. The van der Waals surface area contributed by atoms with Crippen molar-refractivity contribution in [3.05, 3.63) is 35.1 Å². The van der Waals surface area contributed by atoms with Crippen molar-refractivity contribution < 1.29 is 13.9 Å². The normalized spacial score (nSPS) is 16.1. The third-order valence-electron chi connectivity index (χ3n) is 3.94. The summed E-state index contributed by atoms with van der Waals surface area (Å²) >= 11 is 0. The standard InChI is InChI=1S/C15H21FN2O2/c1-20-7-6-15(4-5-15)10-18-9-12-8-11(14(17)19)2-3-13(12)16/h2-3,8,18H,4-7,9-10H2,1H3,(H2,17,19). The van der Waals surface area contributed by atoms with Gasteiger partial charge in [-0.05, 0) is 42.9 Å². The van der Waals surface area contributed by atoms with Crippen LogP contribution >= 0.6 is 0 Å². The minimum atomic E-state index is -0.537. The molecular weight excluding hydrogens is 259 g/mol. The van der Waals surface area contributed by atoms with Crippen molar-refractivity contribution in [2.75, 3.05) is 20.3 Å². The van der Waals surface area contributed by atoms with Gasteiger partial charge in [-0.15, -0.1) is 0 Å². The number of halogens is 1. The van der Waals surface area contributed by atoms with Crippen LogP contribution in [0.4, 0.5) is 4.39 Å². The van der Waals surface area contributed by atoms with Gasteiger partial charge in [0, 0.05) is 37.9 Å². The summed E-state index contributed by atoms with van der Waals surface area (Å²) in [6, 6.07) is 4.20. The first-order valence-electron chi connectivity index (χ1n) is 6.84. The number of nitrogens with one attached hydrogen (secondary N) is 1. The third kappa shape index (κ3) is 3.77. The molecule has 0 radical (unpaired) electrons. The number of amides is 1. The van der Waals surface area contributed by atoms with Crippen molar-refractivity contribution in [3.8, 4) is 0 Å². The molecule has 0 atom stereocenters. The fourth-order valence-electron chi connectivity index (χ4n) is 2.34. The van der Waals surface area contributed by atoms with Crippen LogP contribution < -0.4 is 11.1 Å². The summed E-state index contributed by atoms with van der Waals surface area (Å²) in [5.41, 5.74) is 6.33. The van der Waals surface area contributed by atoms with Crippen molar-refractivity contribution in [1.82, 2.24) is 5.32 Å². The minimum Gasteiger partial charge on any atom is -0.385 e. The molecule has 3 N–H and O–H groups in total. The minimum absolute atomic E-state index is 0.313. The lowest BCUT2D eigenvalue weighted by atomic mass is 10.0. The summed E-state index contributed by atoms with van der Waals surface area (Å²) in [7, 11) is 1.70. The molecule has 1 amide bonds. The number of hydrogen-bond acceptors (Lipinski definition) is 3. The van der Waals surface area contributed by atoms with E-state index in [4.69, 9.17) is 10.5 Å². The number of methoxy groups -OCH3 is 1. The predicted octanol–water partition coefficient (Wildman–Crippen LogP) is 1.83. The third-order valence-corrected chi connectivity index (χ3v) is 3.94. The molecule has 1 saturated carbocycles. The Balaban J connectivity index is 1.88. The molecule has 110 valence electrons. The van der Waals surface area contributed by atoms with Crippen LogP contribution in [0.3, 0.4) is 0 Å². The Morgan fingerprint density at radius 3 is 2.85 bits per heavy atom. The Kier molecular flexibility index (Phi) is 4.73. The van der Waals surface area contributed by atoms with Crippen molar-refractivity contribution >= 4 is 5.91 Å². The van der Waals surface area contributed by atoms with E-state index < -0.39 is 5.91 Å². The summed E-state index contributed by atoms with van der Waals surface area (Å²) < 4.78 is 18.8. The van der Waals surface area contributed by atoms with Crippen LogP contribution in [0, 0.1) is 11.2 Å². The molecule has 1 aromatic rings. The van der Waals surface area contributed by atoms with Crippen LogP contribution in [-0.2, 0) is 11.3 Å². The van der Waals surface area contributed by atoms with Gasteiger partial charge in [-0.3, -0.25) is 4.79 Å². The highest BCUT2D eigenvalue weighted by Crippen LogP contribution is 2.48. The molecule has 1 fully saturated rings. The molecule has 1 aliphatic carbocycles. The largest absolute Gasteiger partial charge is 0.385 e. The highest BCUT2D eigenvalue weighted by atomic mass is 19.1. The molecule has 5 heteroatoms. The number of carbonyl (C=O) groups excluding carboxylic acids is 1. The van der Waals surface area contributed by atoms with E-state index >= 15 is 0 Å². The zero-order chi connectivity index (χ0) is 14.6. The second kappa shape index (κ2) is 6.33. The van der Waals surface area contributed by atoms with Gasteiger partial charge in [0.25, 0.3) is 0 Å². The van der Waals surface area contributed by atoms with Crippen LogP contribution in [0.2, 0.25) is 0 Å². The maximum atomic E-state index is 13.7. The van der Waals surface area contributed by atoms with E-state index in [2.05, 4.69) is 5.32 Å². The Bertz CT molecular complexity index is 487. The molecule has 4 nitrogen and oxygen atoms in total. The second-order valence-corrected chi connectivity index (χ2v) is 5.52. The summed E-state index contributed by atoms with van der Waals surface area (Å²) in [6.45, 7) is 2.01. The number of rotatable bonds is 8. The molecule has 0 unspecified atom stereocenters. The molecule has 1 aliphatic rings. The van der Waals surface area contributed by atoms with Gasteiger partial charge in [0.15, 0.2) is 0 Å². The van der Waals surface area contributed by atoms with Crippen LogP contribution in [0.5, 0.6) is 0 Å². The van der Waals surface area contributed by atoms with Gasteiger partial charge in [-0.25, -0.2) is 4.39 Å². The average Bonchev–Trinajstić information content (AvgIpc) is 3.19. The van der Waals surface area contributed by atoms with Crippen LogP contribution in [0.15, 0.2) is 18.2 Å². The lowest BCUT2D eigenvalue weighted by Gasteiger charge is -2.15. The summed E-state index contributed by atoms with van der Waals surface area (Å²) in [6.07, 6.45) is 3.40. The number of ether oxygens (including phenoxy) is 1. The van der Waals surface area contributed by atoms with Gasteiger partial charge in [-0.2, -0.15) is 0 Å². The van der Waals surface area contributed by atoms with Crippen molar-refractivity contribution in [3.63, 3.8) is 0 Å². The van der Waals surface area contributed by atoms with Gasteiger partial charge in [0.1, 0.15) is 5.82 Å². The Hall–Kier alpha value is -1.46. The van der Waals surface area contributed by atoms with Gasteiger partial charge < -0.3 is 15.8 Å². The van der Waals surface area contributed by atoms with Gasteiger partial charge in [0.2, 0.25) is 5.91 Å². The van der Waals surface area contributed by atoms with Crippen molar-refractivity contribution in [1.29, 1.82) is 0 Å². The Labute approximate surface area is 118 Å². The Morgan fingerprint density at radius 2 is 2.25 bits per heavy atom. The highest BCUT2D eigenvalue weighted by molar-refractivity contribution is 5.92. The quantitative estimate of drug-likeness (QED) is 0.763. The molecule has 0 saturated heterocycles. The number of benzene rings is 1. The van der Waals surface area contributed by atoms with Crippen molar-refractivity contribution in [2.45, 2.75) is 25.8 Å². The molecule has 0 aromatic heterocycles. The van der Waals surface area contributed by atoms with Gasteiger partial charge in [0.05, 0.1) is 0 Å². The fraction of sp³-hybridized carbons (Fsp3) is 0.533. The van der Waals surface area contributed by atoms with E-state index in [1.54, 1.807) is 7.11 Å². The Morgan fingerprint density at radius 1 is 1.50 bits per heavy atom. The summed E-state index contributed by atoms with van der Waals surface area (Å²) in [5, 5.41) is 3.27. The van der Waals surface area contributed by atoms with Crippen LogP contribution in [0.1, 0.15) is 35.2 Å². The SMILES string of the molecule is COCCC1(CNCc2cc(C(N)=O)ccc2F)CC1. The van der Waals surface area contributed by atoms with Crippen LogP contribution in [-0.4, -0.2) is 26.2 Å². The van der Waals surface area contributed by atoms with E-state index in [0.717, 1.165) is 19.6 Å². The van der Waals surface area contributed by atoms with E-state index in [-0.39, 0.29) is 5.82 Å². The fourth-order valence-corrected chi connectivity index (χ4v) is 2.34. The van der Waals surface area contributed by atoms with E-state index in [1.807, 2.05) is 0 Å². The van der Waals surface area contributed by atoms with E-state index in [9.17, 15) is 9.18 Å². The lowest BCUT2D eigenvalue weighted by molar-refractivity contribution is 0.1000. The molecule has 1 aromatic carbocycles. The average molecular weight is 280 g/mol. The first-order valence-corrected chi connectivity index (χ1v) is 6.84. The second-order valence-electron chi connectivity index (χ2n) is 5.52. The summed E-state index contributed by atoms with van der Waals surface area (Å²) in [4.78, 5) is 11.1. The number of carbonyl (C=O) groups is 1. The van der Waals surface area contributed by atoms with Crippen molar-refractivity contribution in [2.24, 2.45) is 11.1 Å². The molecule has 2 rings (SSSR count). The maximum Gasteiger partial charge on any atom is 0.248 e. The molecular formula is C15H21FN2O2. The topological polar surface area (TPSA) is 64.3 Å². The molecule has 0 spiro atoms. The first-order chi connectivity index (χ1) is 9.56. The smallest absolute Gasteiger partial charge is 0.248 e. The molecule has 0 bridgehead atoms. The zero-order valence-electron chi connectivity index (χ0n) is 11.7. The molecule has 0 heterocycles. The lowest BCUT2D eigenvalue weighted by Crippen LogP contribution is -2.25. The maximum absolute atomic E-state index is 13.7. The highest BCUT2D eigenvalue weighted by Gasteiger charge is 2.41.